The highest BCUT2D eigenvalue weighted by Gasteiger charge is 2.66. The summed E-state index contributed by atoms with van der Waals surface area (Å²) in [6.45, 7) is 0.903. The molecule has 2 aromatic rings. The number of hydrogen-bond acceptors (Lipinski definition) is 4. The first-order valence-electron chi connectivity index (χ1n) is 12.6. The molecule has 0 bridgehead atoms. The zero-order valence-electron chi connectivity index (χ0n) is 19.6. The fraction of sp³-hybridized carbons (Fsp3) is 0.464. The number of carbonyl (C=O) groups excluding carboxylic acids is 2. The number of carboxylic acids is 1. The summed E-state index contributed by atoms with van der Waals surface area (Å²) in [5.41, 5.74) is 4.31. The fourth-order valence-corrected chi connectivity index (χ4v) is 6.87. The van der Waals surface area contributed by atoms with Crippen LogP contribution >= 0.6 is 0 Å². The van der Waals surface area contributed by atoms with Crippen LogP contribution in [-0.4, -0.2) is 53.2 Å². The number of ether oxygens (including phenoxy) is 1. The van der Waals surface area contributed by atoms with E-state index in [4.69, 9.17) is 4.74 Å². The molecule has 0 aromatic heterocycles. The molecule has 7 nitrogen and oxygen atoms in total. The molecule has 0 spiro atoms. The van der Waals surface area contributed by atoms with Crippen LogP contribution in [0.5, 0.6) is 0 Å². The normalized spacial score (nSPS) is 28.2. The number of carboxylic acid groups (broad SMARTS) is 1. The van der Waals surface area contributed by atoms with Crippen molar-refractivity contribution in [3.63, 3.8) is 0 Å². The summed E-state index contributed by atoms with van der Waals surface area (Å²) in [5, 5.41) is 12.2. The highest BCUT2D eigenvalue weighted by atomic mass is 16.5. The van der Waals surface area contributed by atoms with Crippen LogP contribution in [0.1, 0.15) is 55.6 Å². The van der Waals surface area contributed by atoms with Crippen molar-refractivity contribution < 1.29 is 24.2 Å². The average Bonchev–Trinajstić information content (AvgIpc) is 3.16. The van der Waals surface area contributed by atoms with Crippen LogP contribution in [0, 0.1) is 11.3 Å². The maximum absolute atomic E-state index is 13.4. The minimum Gasteiger partial charge on any atom is -0.481 e. The van der Waals surface area contributed by atoms with E-state index in [9.17, 15) is 19.5 Å². The molecule has 2 N–H and O–H groups in total. The maximum Gasteiger partial charge on any atom is 0.407 e. The van der Waals surface area contributed by atoms with Gasteiger partial charge in [-0.05, 0) is 60.3 Å². The van der Waals surface area contributed by atoms with Crippen LogP contribution in [0.2, 0.25) is 0 Å². The second kappa shape index (κ2) is 8.40. The van der Waals surface area contributed by atoms with Crippen LogP contribution in [0.15, 0.2) is 48.5 Å². The molecule has 4 aliphatic rings. The molecule has 2 aromatic carbocycles. The molecule has 4 atom stereocenters. The van der Waals surface area contributed by atoms with E-state index in [0.29, 0.717) is 13.0 Å². The van der Waals surface area contributed by atoms with Crippen molar-refractivity contribution in [3.05, 3.63) is 59.7 Å². The van der Waals surface area contributed by atoms with Gasteiger partial charge in [0.2, 0.25) is 5.91 Å². The molecular formula is C28H30N2O5. The second-order valence-corrected chi connectivity index (χ2v) is 10.6. The molecule has 7 heteroatoms. The zero-order valence-corrected chi connectivity index (χ0v) is 19.6. The lowest BCUT2D eigenvalue weighted by Crippen LogP contribution is -2.43. The Labute approximate surface area is 204 Å². The van der Waals surface area contributed by atoms with Gasteiger partial charge in [-0.3, -0.25) is 9.59 Å². The molecule has 2 amide bonds. The summed E-state index contributed by atoms with van der Waals surface area (Å²) in [5.74, 6) is -0.497. The molecule has 0 radical (unpaired) electrons. The quantitative estimate of drug-likeness (QED) is 0.656. The van der Waals surface area contributed by atoms with Crippen molar-refractivity contribution in [2.24, 2.45) is 11.3 Å². The van der Waals surface area contributed by atoms with Gasteiger partial charge in [0.1, 0.15) is 6.61 Å². The Morgan fingerprint density at radius 1 is 1.03 bits per heavy atom. The Bertz CT molecular complexity index is 1150. The molecule has 182 valence electrons. The second-order valence-electron chi connectivity index (χ2n) is 10.6. The Morgan fingerprint density at radius 3 is 2.40 bits per heavy atom. The summed E-state index contributed by atoms with van der Waals surface area (Å²) in [6.07, 6.45) is 3.39. The molecule has 3 fully saturated rings. The fourth-order valence-electron chi connectivity index (χ4n) is 6.87. The predicted molar refractivity (Wildman–Crippen MR) is 129 cm³/mol. The molecule has 35 heavy (non-hydrogen) atoms. The summed E-state index contributed by atoms with van der Waals surface area (Å²) in [4.78, 5) is 39.1. The van der Waals surface area contributed by atoms with Gasteiger partial charge in [0.05, 0.1) is 11.8 Å². The predicted octanol–water partition coefficient (Wildman–Crippen LogP) is 4.16. The minimum absolute atomic E-state index is 0.00785. The highest BCUT2D eigenvalue weighted by molar-refractivity contribution is 5.88. The zero-order chi connectivity index (χ0) is 24.2. The third-order valence-corrected chi connectivity index (χ3v) is 8.55. The molecule has 1 heterocycles. The third kappa shape index (κ3) is 3.77. The first-order valence-corrected chi connectivity index (χ1v) is 12.6. The molecule has 3 aliphatic carbocycles. The average molecular weight is 475 g/mol. The molecule has 6 rings (SSSR count). The van der Waals surface area contributed by atoms with Crippen LogP contribution < -0.4 is 5.32 Å². The Morgan fingerprint density at radius 2 is 1.71 bits per heavy atom. The topological polar surface area (TPSA) is 95.9 Å². The Hall–Kier alpha value is -3.35. The van der Waals surface area contributed by atoms with E-state index >= 15 is 0 Å². The van der Waals surface area contributed by atoms with Crippen LogP contribution in [0.25, 0.3) is 11.1 Å². The van der Waals surface area contributed by atoms with Crippen molar-refractivity contribution >= 4 is 18.0 Å². The lowest BCUT2D eigenvalue weighted by atomic mass is 9.98. The van der Waals surface area contributed by atoms with Crippen LogP contribution in [0.4, 0.5) is 4.79 Å². The largest absolute Gasteiger partial charge is 0.481 e. The van der Waals surface area contributed by atoms with Gasteiger partial charge in [0, 0.05) is 24.5 Å². The number of aliphatic carboxylic acids is 1. The van der Waals surface area contributed by atoms with Gasteiger partial charge < -0.3 is 20.1 Å². The van der Waals surface area contributed by atoms with Gasteiger partial charge in [-0.2, -0.15) is 0 Å². The first-order chi connectivity index (χ1) is 17.0. The number of nitrogens with zero attached hydrogens (tertiary/aromatic N) is 1. The minimum atomic E-state index is -0.860. The van der Waals surface area contributed by atoms with E-state index in [2.05, 4.69) is 29.6 Å². The lowest BCUT2D eigenvalue weighted by molar-refractivity contribution is -0.142. The number of nitrogens with one attached hydrogen (secondary N) is 1. The maximum atomic E-state index is 13.4. The van der Waals surface area contributed by atoms with E-state index < -0.39 is 17.5 Å². The number of likely N-dealkylation sites (tertiary alicyclic amines) is 1. The number of alkyl carbamates (subject to hydrolysis) is 1. The van der Waals surface area contributed by atoms with E-state index in [-0.39, 0.29) is 42.9 Å². The van der Waals surface area contributed by atoms with Gasteiger partial charge in [0.25, 0.3) is 0 Å². The van der Waals surface area contributed by atoms with E-state index in [1.807, 2.05) is 24.3 Å². The number of fused-ring (bicyclic) bond motifs is 4. The SMILES string of the molecule is O=C(O)C[C@@H]1CCCN1C(=O)[C@@]12C[C@@H](NC(=O)OCC3c4ccccc4-c4ccccc43)C[C@@H]1C2. The summed E-state index contributed by atoms with van der Waals surface area (Å²) in [6, 6.07) is 16.2. The number of amides is 2. The van der Waals surface area contributed by atoms with Crippen molar-refractivity contribution in [3.8, 4) is 11.1 Å². The lowest BCUT2D eigenvalue weighted by Gasteiger charge is -2.28. The molecule has 0 unspecified atom stereocenters. The molecule has 2 saturated carbocycles. The molecular weight excluding hydrogens is 444 g/mol. The van der Waals surface area contributed by atoms with Gasteiger partial charge in [-0.1, -0.05) is 48.5 Å². The van der Waals surface area contributed by atoms with Gasteiger partial charge in [0.15, 0.2) is 0 Å². The van der Waals surface area contributed by atoms with Gasteiger partial charge >= 0.3 is 12.1 Å². The van der Waals surface area contributed by atoms with Gasteiger partial charge in [-0.25, -0.2) is 4.79 Å². The van der Waals surface area contributed by atoms with Crippen molar-refractivity contribution in [2.75, 3.05) is 13.2 Å². The Balaban J connectivity index is 1.06. The number of rotatable bonds is 6. The summed E-state index contributed by atoms with van der Waals surface area (Å²) >= 11 is 0. The summed E-state index contributed by atoms with van der Waals surface area (Å²) < 4.78 is 5.70. The van der Waals surface area contributed by atoms with Crippen molar-refractivity contribution in [1.82, 2.24) is 10.2 Å². The van der Waals surface area contributed by atoms with E-state index in [1.165, 1.54) is 22.3 Å². The number of hydrogen-bond donors (Lipinski definition) is 2. The molecule has 1 aliphatic heterocycles. The van der Waals surface area contributed by atoms with Crippen LogP contribution in [-0.2, 0) is 14.3 Å². The molecule has 1 saturated heterocycles. The first kappa shape index (κ1) is 22.1. The highest BCUT2D eigenvalue weighted by Crippen LogP contribution is 2.64. The summed E-state index contributed by atoms with van der Waals surface area (Å²) in [7, 11) is 0. The van der Waals surface area contributed by atoms with E-state index in [0.717, 1.165) is 25.7 Å². The van der Waals surface area contributed by atoms with E-state index in [1.54, 1.807) is 4.90 Å². The van der Waals surface area contributed by atoms with Crippen molar-refractivity contribution in [2.45, 2.75) is 56.5 Å². The Kier molecular flexibility index (Phi) is 5.31. The number of carbonyl (C=O) groups is 3. The monoisotopic (exact) mass is 474 g/mol. The van der Waals surface area contributed by atoms with Crippen LogP contribution in [0.3, 0.4) is 0 Å². The number of benzene rings is 2. The smallest absolute Gasteiger partial charge is 0.407 e. The van der Waals surface area contributed by atoms with Gasteiger partial charge in [-0.15, -0.1) is 0 Å². The third-order valence-electron chi connectivity index (χ3n) is 8.55. The standard InChI is InChI=1S/C28H30N2O5/c31-25(32)13-19-6-5-11-30(19)26(33)28-14-17(28)12-18(15-28)29-27(34)35-16-24-22-9-3-1-7-20(22)21-8-2-4-10-23(21)24/h1-4,7-10,17-19,24H,5-6,11-16H2,(H,29,34)(H,31,32)/t17-,18+,19+,28+/m1/s1. The van der Waals surface area contributed by atoms with Crippen molar-refractivity contribution in [1.29, 1.82) is 0 Å².